The van der Waals surface area contributed by atoms with Gasteiger partial charge in [0.2, 0.25) is 5.91 Å². The molecule has 1 saturated carbocycles. The maximum atomic E-state index is 11.8. The van der Waals surface area contributed by atoms with Gasteiger partial charge in [0.05, 0.1) is 6.04 Å². The van der Waals surface area contributed by atoms with E-state index in [0.29, 0.717) is 12.0 Å². The van der Waals surface area contributed by atoms with Crippen molar-refractivity contribution in [3.05, 3.63) is 28.8 Å². The van der Waals surface area contributed by atoms with Crippen LogP contribution < -0.4 is 10.1 Å². The number of nitrogens with zero attached hydrogens (tertiary/aromatic N) is 1. The molecule has 1 saturated heterocycles. The lowest BCUT2D eigenvalue weighted by molar-refractivity contribution is -0.122. The van der Waals surface area contributed by atoms with Gasteiger partial charge < -0.3 is 15.0 Å². The molecule has 4 aliphatic rings. The SMILES string of the molecule is CC(=O)NC1CC[C@@H]2[C@@H]3Cc4ccc(C)c5c4[C@]2(CCN3C)[C@@H]1O5. The summed E-state index contributed by atoms with van der Waals surface area (Å²) < 4.78 is 6.62. The second kappa shape index (κ2) is 4.75. The summed E-state index contributed by atoms with van der Waals surface area (Å²) in [6.07, 6.45) is 4.61. The minimum Gasteiger partial charge on any atom is -0.487 e. The van der Waals surface area contributed by atoms with Crippen molar-refractivity contribution < 1.29 is 9.53 Å². The Morgan fingerprint density at radius 2 is 2.21 bits per heavy atom. The summed E-state index contributed by atoms with van der Waals surface area (Å²) in [4.78, 5) is 14.3. The molecule has 1 aromatic rings. The zero-order chi connectivity index (χ0) is 16.6. The van der Waals surface area contributed by atoms with Crippen molar-refractivity contribution in [2.45, 2.75) is 63.1 Å². The molecule has 1 unspecified atom stereocenters. The number of ether oxygens (including phenoxy) is 1. The first-order chi connectivity index (χ1) is 11.5. The number of benzene rings is 1. The molecular formula is C20H26N2O2. The van der Waals surface area contributed by atoms with Crippen LogP contribution in [0.4, 0.5) is 0 Å². The van der Waals surface area contributed by atoms with E-state index in [1.165, 1.54) is 23.1 Å². The first-order valence-corrected chi connectivity index (χ1v) is 9.29. The molecule has 0 radical (unpaired) electrons. The van der Waals surface area contributed by atoms with Gasteiger partial charge in [0, 0.05) is 23.9 Å². The molecule has 2 aliphatic heterocycles. The van der Waals surface area contributed by atoms with Gasteiger partial charge in [0.1, 0.15) is 11.9 Å². The van der Waals surface area contributed by atoms with Crippen molar-refractivity contribution in [2.24, 2.45) is 5.92 Å². The van der Waals surface area contributed by atoms with Gasteiger partial charge in [-0.2, -0.15) is 0 Å². The number of piperidine rings is 1. The maximum absolute atomic E-state index is 11.8. The predicted molar refractivity (Wildman–Crippen MR) is 92.3 cm³/mol. The average Bonchev–Trinajstić information content (AvgIpc) is 2.89. The van der Waals surface area contributed by atoms with Gasteiger partial charge in [-0.3, -0.25) is 4.79 Å². The van der Waals surface area contributed by atoms with E-state index >= 15 is 0 Å². The Balaban J connectivity index is 1.71. The Bertz CT molecular complexity index is 731. The third kappa shape index (κ3) is 1.65. The van der Waals surface area contributed by atoms with E-state index in [4.69, 9.17) is 4.74 Å². The van der Waals surface area contributed by atoms with E-state index in [9.17, 15) is 4.79 Å². The molecule has 2 fully saturated rings. The highest BCUT2D eigenvalue weighted by atomic mass is 16.5. The van der Waals surface area contributed by atoms with Crippen molar-refractivity contribution >= 4 is 5.91 Å². The monoisotopic (exact) mass is 326 g/mol. The fourth-order valence-electron chi connectivity index (χ4n) is 6.29. The van der Waals surface area contributed by atoms with Gasteiger partial charge in [0.15, 0.2) is 0 Å². The number of likely N-dealkylation sites (tertiary alicyclic amines) is 1. The van der Waals surface area contributed by atoms with Crippen LogP contribution in [-0.2, 0) is 16.6 Å². The van der Waals surface area contributed by atoms with Gasteiger partial charge in [-0.25, -0.2) is 0 Å². The fourth-order valence-corrected chi connectivity index (χ4v) is 6.29. The highest BCUT2D eigenvalue weighted by Crippen LogP contribution is 2.62. The third-order valence-electron chi connectivity index (χ3n) is 7.20. The Kier molecular flexibility index (Phi) is 2.92. The quantitative estimate of drug-likeness (QED) is 0.860. The van der Waals surface area contributed by atoms with Crippen LogP contribution in [-0.4, -0.2) is 42.6 Å². The number of amides is 1. The molecule has 1 amide bonds. The highest BCUT2D eigenvalue weighted by Gasteiger charge is 2.65. The van der Waals surface area contributed by atoms with Crippen LogP contribution in [0.15, 0.2) is 12.1 Å². The molecule has 128 valence electrons. The molecule has 2 heterocycles. The number of carbonyl (C=O) groups is 1. The first kappa shape index (κ1) is 14.8. The van der Waals surface area contributed by atoms with Crippen LogP contribution in [0, 0.1) is 12.8 Å². The number of rotatable bonds is 1. The van der Waals surface area contributed by atoms with Crippen molar-refractivity contribution in [1.29, 1.82) is 0 Å². The van der Waals surface area contributed by atoms with Crippen LogP contribution in [0.3, 0.4) is 0 Å². The molecule has 1 N–H and O–H groups in total. The molecule has 2 bridgehead atoms. The lowest BCUT2D eigenvalue weighted by Gasteiger charge is -2.59. The van der Waals surface area contributed by atoms with Gasteiger partial charge in [-0.1, -0.05) is 12.1 Å². The smallest absolute Gasteiger partial charge is 0.217 e. The maximum Gasteiger partial charge on any atom is 0.217 e. The first-order valence-electron chi connectivity index (χ1n) is 9.29. The summed E-state index contributed by atoms with van der Waals surface area (Å²) in [5.41, 5.74) is 4.33. The number of likely N-dealkylation sites (N-methyl/N-ethyl adjacent to an activating group) is 1. The van der Waals surface area contributed by atoms with Crippen LogP contribution in [0.5, 0.6) is 5.75 Å². The molecular weight excluding hydrogens is 300 g/mol. The fraction of sp³-hybridized carbons (Fsp3) is 0.650. The molecule has 4 heteroatoms. The molecule has 1 aromatic carbocycles. The third-order valence-corrected chi connectivity index (χ3v) is 7.20. The topological polar surface area (TPSA) is 41.6 Å². The number of hydrogen-bond donors (Lipinski definition) is 1. The molecule has 5 rings (SSSR count). The van der Waals surface area contributed by atoms with Crippen LogP contribution in [0.25, 0.3) is 0 Å². The second-order valence-electron chi connectivity index (χ2n) is 8.32. The largest absolute Gasteiger partial charge is 0.487 e. The lowest BCUT2D eigenvalue weighted by Crippen LogP contribution is -2.68. The zero-order valence-corrected chi connectivity index (χ0v) is 14.8. The van der Waals surface area contributed by atoms with Crippen LogP contribution in [0.2, 0.25) is 0 Å². The van der Waals surface area contributed by atoms with E-state index in [1.54, 1.807) is 6.92 Å². The molecule has 24 heavy (non-hydrogen) atoms. The van der Waals surface area contributed by atoms with Crippen molar-refractivity contribution in [1.82, 2.24) is 10.2 Å². The van der Waals surface area contributed by atoms with E-state index in [1.807, 2.05) is 0 Å². The molecule has 5 atom stereocenters. The Hall–Kier alpha value is -1.55. The van der Waals surface area contributed by atoms with E-state index in [2.05, 4.69) is 36.3 Å². The summed E-state index contributed by atoms with van der Waals surface area (Å²) in [5, 5.41) is 3.20. The van der Waals surface area contributed by atoms with Crippen molar-refractivity contribution in [2.75, 3.05) is 13.6 Å². The van der Waals surface area contributed by atoms with Crippen LogP contribution in [0.1, 0.15) is 42.9 Å². The standard InChI is InChI=1S/C20H26N2O2/c1-11-4-5-13-10-16-14-6-7-15(21-12(2)23)19-20(14,8-9-22(16)3)17(13)18(11)24-19/h4-5,14-16,19H,6-10H2,1-3H3,(H,21,23)/t14-,15?,16+,19-,20-/m1/s1. The number of carbonyl (C=O) groups excluding carboxylic acids is 1. The van der Waals surface area contributed by atoms with E-state index < -0.39 is 0 Å². The van der Waals surface area contributed by atoms with Crippen molar-refractivity contribution in [3.63, 3.8) is 0 Å². The molecule has 4 nitrogen and oxygen atoms in total. The zero-order valence-electron chi connectivity index (χ0n) is 14.8. The second-order valence-corrected chi connectivity index (χ2v) is 8.32. The lowest BCUT2D eigenvalue weighted by atomic mass is 9.51. The minimum absolute atomic E-state index is 0.0617. The summed E-state index contributed by atoms with van der Waals surface area (Å²) in [5.74, 6) is 1.84. The minimum atomic E-state index is 0.0617. The van der Waals surface area contributed by atoms with E-state index in [-0.39, 0.29) is 23.5 Å². The number of aryl methyl sites for hydroxylation is 1. The summed E-state index contributed by atoms with van der Waals surface area (Å²) >= 11 is 0. The number of hydrogen-bond acceptors (Lipinski definition) is 3. The predicted octanol–water partition coefficient (Wildman–Crippen LogP) is 2.17. The summed E-state index contributed by atoms with van der Waals surface area (Å²) in [7, 11) is 2.28. The summed E-state index contributed by atoms with van der Waals surface area (Å²) in [6, 6.07) is 5.29. The Morgan fingerprint density at radius 1 is 1.38 bits per heavy atom. The Morgan fingerprint density at radius 3 is 3.00 bits per heavy atom. The Labute approximate surface area is 143 Å². The van der Waals surface area contributed by atoms with E-state index in [0.717, 1.165) is 31.6 Å². The van der Waals surface area contributed by atoms with Crippen LogP contribution >= 0.6 is 0 Å². The molecule has 0 aromatic heterocycles. The van der Waals surface area contributed by atoms with Gasteiger partial charge >= 0.3 is 0 Å². The van der Waals surface area contributed by atoms with Gasteiger partial charge in [-0.05, 0) is 63.2 Å². The molecule has 2 aliphatic carbocycles. The summed E-state index contributed by atoms with van der Waals surface area (Å²) in [6.45, 7) is 4.91. The average molecular weight is 326 g/mol. The molecule has 1 spiro atoms. The number of nitrogens with one attached hydrogen (secondary N) is 1. The van der Waals surface area contributed by atoms with Gasteiger partial charge in [-0.15, -0.1) is 0 Å². The normalized spacial score (nSPS) is 39.1. The van der Waals surface area contributed by atoms with Crippen molar-refractivity contribution in [3.8, 4) is 5.75 Å². The highest BCUT2D eigenvalue weighted by molar-refractivity contribution is 5.73. The van der Waals surface area contributed by atoms with Gasteiger partial charge in [0.25, 0.3) is 0 Å².